The lowest BCUT2D eigenvalue weighted by Crippen LogP contribution is -1.94. The molecule has 0 unspecified atom stereocenters. The first kappa shape index (κ1) is 17.3. The first-order valence-electron chi connectivity index (χ1n) is 8.33. The lowest BCUT2D eigenvalue weighted by Gasteiger charge is -2.04. The molecule has 2 aromatic carbocycles. The number of allylic oxidation sites excluding steroid dienone is 1. The Morgan fingerprint density at radius 2 is 1.89 bits per heavy atom. The van der Waals surface area contributed by atoms with Crippen molar-refractivity contribution >= 4 is 29.3 Å². The van der Waals surface area contributed by atoms with E-state index < -0.39 is 0 Å². The zero-order valence-electron chi connectivity index (χ0n) is 14.7. The molecule has 0 amide bonds. The van der Waals surface area contributed by atoms with Crippen molar-refractivity contribution in [2.45, 2.75) is 18.7 Å². The Kier molecular flexibility index (Phi) is 4.20. The average molecular weight is 377 g/mol. The third-order valence-electron chi connectivity index (χ3n) is 4.60. The van der Waals surface area contributed by atoms with Crippen molar-refractivity contribution in [1.82, 2.24) is 0 Å². The van der Waals surface area contributed by atoms with Gasteiger partial charge in [-0.3, -0.25) is 14.9 Å². The summed E-state index contributed by atoms with van der Waals surface area (Å²) < 4.78 is 5.84. The molecule has 0 bridgehead atoms. The SMILES string of the molecule is Cc1cc(-c2ccc(C=C3Sc4ccccc4C3=O)o2)cc([N+](=O)[O-])c1C. The summed E-state index contributed by atoms with van der Waals surface area (Å²) in [5, 5.41) is 11.3. The van der Waals surface area contributed by atoms with Gasteiger partial charge in [-0.1, -0.05) is 23.9 Å². The molecule has 0 N–H and O–H groups in total. The van der Waals surface area contributed by atoms with E-state index in [2.05, 4.69) is 0 Å². The van der Waals surface area contributed by atoms with E-state index in [4.69, 9.17) is 4.42 Å². The van der Waals surface area contributed by atoms with Gasteiger partial charge in [-0.25, -0.2) is 0 Å². The minimum Gasteiger partial charge on any atom is -0.457 e. The molecule has 2 heterocycles. The van der Waals surface area contributed by atoms with Crippen LogP contribution < -0.4 is 0 Å². The number of carbonyl (C=O) groups excluding carboxylic acids is 1. The lowest BCUT2D eigenvalue weighted by atomic mass is 10.0. The van der Waals surface area contributed by atoms with Crippen molar-refractivity contribution in [3.63, 3.8) is 0 Å². The second-order valence-electron chi connectivity index (χ2n) is 6.33. The van der Waals surface area contributed by atoms with E-state index in [0.29, 0.717) is 33.1 Å². The molecule has 0 atom stereocenters. The first-order valence-corrected chi connectivity index (χ1v) is 9.15. The number of nitro benzene ring substituents is 1. The van der Waals surface area contributed by atoms with Gasteiger partial charge in [0.1, 0.15) is 11.5 Å². The monoisotopic (exact) mass is 377 g/mol. The maximum atomic E-state index is 12.5. The van der Waals surface area contributed by atoms with Gasteiger partial charge in [0, 0.05) is 27.7 Å². The molecule has 0 aliphatic carbocycles. The summed E-state index contributed by atoms with van der Waals surface area (Å²) in [6, 6.07) is 14.4. The van der Waals surface area contributed by atoms with Crippen molar-refractivity contribution in [1.29, 1.82) is 0 Å². The summed E-state index contributed by atoms with van der Waals surface area (Å²) in [7, 11) is 0. The van der Waals surface area contributed by atoms with Gasteiger partial charge in [-0.05, 0) is 55.8 Å². The molecule has 0 fully saturated rings. The normalized spacial score (nSPS) is 14.6. The Labute approximate surface area is 159 Å². The van der Waals surface area contributed by atoms with Crippen LogP contribution in [0.5, 0.6) is 0 Å². The number of hydrogen-bond donors (Lipinski definition) is 0. The summed E-state index contributed by atoms with van der Waals surface area (Å²) in [4.78, 5) is 24.9. The number of ketones is 1. The quantitative estimate of drug-likeness (QED) is 0.327. The van der Waals surface area contributed by atoms with Gasteiger partial charge >= 0.3 is 0 Å². The molecule has 134 valence electrons. The fourth-order valence-corrected chi connectivity index (χ4v) is 4.06. The number of hydrogen-bond acceptors (Lipinski definition) is 5. The van der Waals surface area contributed by atoms with E-state index >= 15 is 0 Å². The minimum absolute atomic E-state index is 0.0182. The Hall–Kier alpha value is -3.12. The van der Waals surface area contributed by atoms with Crippen LogP contribution in [0.2, 0.25) is 0 Å². The molecule has 1 aliphatic heterocycles. The third kappa shape index (κ3) is 3.08. The molecule has 27 heavy (non-hydrogen) atoms. The lowest BCUT2D eigenvalue weighted by molar-refractivity contribution is -0.385. The second kappa shape index (κ2) is 6.55. The van der Waals surface area contributed by atoms with E-state index in [1.165, 1.54) is 17.8 Å². The summed E-state index contributed by atoms with van der Waals surface area (Å²) in [5.41, 5.74) is 2.88. The topological polar surface area (TPSA) is 73.3 Å². The summed E-state index contributed by atoms with van der Waals surface area (Å²) in [6.07, 6.45) is 1.71. The van der Waals surface area contributed by atoms with Crippen molar-refractivity contribution in [3.05, 3.63) is 86.0 Å². The van der Waals surface area contributed by atoms with E-state index in [1.807, 2.05) is 37.3 Å². The Balaban J connectivity index is 1.68. The summed E-state index contributed by atoms with van der Waals surface area (Å²) in [6.45, 7) is 3.57. The van der Waals surface area contributed by atoms with Crippen LogP contribution >= 0.6 is 11.8 Å². The molecule has 0 radical (unpaired) electrons. The first-order chi connectivity index (χ1) is 12.9. The Bertz CT molecular complexity index is 1130. The standard InChI is InChI=1S/C21H15NO4S/c1-12-9-14(10-17(13(12)2)22(24)25)18-8-7-15(26-18)11-20-21(23)16-5-3-4-6-19(16)27-20/h3-11H,1-2H3. The Morgan fingerprint density at radius 3 is 2.63 bits per heavy atom. The van der Waals surface area contributed by atoms with Gasteiger partial charge < -0.3 is 4.42 Å². The molecule has 0 spiro atoms. The van der Waals surface area contributed by atoms with E-state index in [1.54, 1.807) is 25.1 Å². The number of Topliss-reactive ketones (excluding diaryl/α,β-unsaturated/α-hetero) is 1. The summed E-state index contributed by atoms with van der Waals surface area (Å²) >= 11 is 1.42. The van der Waals surface area contributed by atoms with Crippen molar-refractivity contribution in [3.8, 4) is 11.3 Å². The highest BCUT2D eigenvalue weighted by atomic mass is 32.2. The fourth-order valence-electron chi connectivity index (χ4n) is 3.02. The third-order valence-corrected chi connectivity index (χ3v) is 5.70. The predicted molar refractivity (Wildman–Crippen MR) is 105 cm³/mol. The maximum Gasteiger partial charge on any atom is 0.273 e. The van der Waals surface area contributed by atoms with Crippen molar-refractivity contribution in [2.24, 2.45) is 0 Å². The highest BCUT2D eigenvalue weighted by Gasteiger charge is 2.25. The van der Waals surface area contributed by atoms with E-state index in [0.717, 1.165) is 10.5 Å². The zero-order chi connectivity index (χ0) is 19.1. The van der Waals surface area contributed by atoms with Crippen LogP contribution in [0.1, 0.15) is 27.2 Å². The predicted octanol–water partition coefficient (Wildman–Crippen LogP) is 5.80. The second-order valence-corrected chi connectivity index (χ2v) is 7.42. The van der Waals surface area contributed by atoms with Crippen molar-refractivity contribution in [2.75, 3.05) is 0 Å². The number of thioether (sulfide) groups is 1. The molecule has 0 saturated heterocycles. The van der Waals surface area contributed by atoms with Gasteiger partial charge in [0.15, 0.2) is 0 Å². The van der Waals surface area contributed by atoms with Gasteiger partial charge in [0.05, 0.1) is 9.83 Å². The largest absolute Gasteiger partial charge is 0.457 e. The zero-order valence-corrected chi connectivity index (χ0v) is 15.5. The number of nitrogens with zero attached hydrogens (tertiary/aromatic N) is 1. The van der Waals surface area contributed by atoms with Crippen LogP contribution in [0.15, 0.2) is 62.7 Å². The van der Waals surface area contributed by atoms with Crippen LogP contribution in [-0.2, 0) is 0 Å². The number of rotatable bonds is 3. The number of fused-ring (bicyclic) bond motifs is 1. The minimum atomic E-state index is -0.386. The average Bonchev–Trinajstić information content (AvgIpc) is 3.23. The highest BCUT2D eigenvalue weighted by Crippen LogP contribution is 2.41. The molecular weight excluding hydrogens is 362 g/mol. The molecule has 4 rings (SSSR count). The molecule has 0 saturated carbocycles. The van der Waals surface area contributed by atoms with Crippen LogP contribution in [0, 0.1) is 24.0 Å². The molecule has 1 aromatic heterocycles. The van der Waals surface area contributed by atoms with Gasteiger partial charge in [-0.15, -0.1) is 0 Å². The van der Waals surface area contributed by atoms with Crippen LogP contribution in [0.3, 0.4) is 0 Å². The van der Waals surface area contributed by atoms with Crippen molar-refractivity contribution < 1.29 is 14.1 Å². The maximum absolute atomic E-state index is 12.5. The molecule has 1 aliphatic rings. The highest BCUT2D eigenvalue weighted by molar-refractivity contribution is 8.04. The molecule has 6 heteroatoms. The molecular formula is C21H15NO4S. The van der Waals surface area contributed by atoms with Crippen LogP contribution in [-0.4, -0.2) is 10.7 Å². The summed E-state index contributed by atoms with van der Waals surface area (Å²) in [5.74, 6) is 1.05. The smallest absolute Gasteiger partial charge is 0.273 e. The van der Waals surface area contributed by atoms with E-state index in [-0.39, 0.29) is 16.4 Å². The van der Waals surface area contributed by atoms with Crippen LogP contribution in [0.4, 0.5) is 5.69 Å². The van der Waals surface area contributed by atoms with Gasteiger partial charge in [0.25, 0.3) is 5.69 Å². The fraction of sp³-hybridized carbons (Fsp3) is 0.0952. The van der Waals surface area contributed by atoms with Crippen LogP contribution in [0.25, 0.3) is 17.4 Å². The number of benzene rings is 2. The molecule has 5 nitrogen and oxygen atoms in total. The number of nitro groups is 1. The molecule has 3 aromatic rings. The van der Waals surface area contributed by atoms with E-state index in [9.17, 15) is 14.9 Å². The number of carbonyl (C=O) groups is 1. The number of furan rings is 1. The van der Waals surface area contributed by atoms with Gasteiger partial charge in [-0.2, -0.15) is 0 Å². The van der Waals surface area contributed by atoms with Gasteiger partial charge in [0.2, 0.25) is 5.78 Å². The number of aryl methyl sites for hydroxylation is 1. The Morgan fingerprint density at radius 1 is 1.11 bits per heavy atom.